The van der Waals surface area contributed by atoms with Crippen molar-refractivity contribution in [3.8, 4) is 0 Å². The van der Waals surface area contributed by atoms with Crippen molar-refractivity contribution in [3.63, 3.8) is 0 Å². The molecule has 6 heteroatoms. The average Bonchev–Trinajstić information content (AvgIpc) is 2.74. The van der Waals surface area contributed by atoms with E-state index in [1.165, 1.54) is 27.1 Å². The van der Waals surface area contributed by atoms with Gasteiger partial charge in [-0.1, -0.05) is 48.5 Å². The zero-order valence-corrected chi connectivity index (χ0v) is 16.1. The summed E-state index contributed by atoms with van der Waals surface area (Å²) in [6.07, 6.45) is -0.552. The van der Waals surface area contributed by atoms with E-state index >= 15 is 0 Å². The fourth-order valence-electron chi connectivity index (χ4n) is 3.42. The summed E-state index contributed by atoms with van der Waals surface area (Å²) >= 11 is 0. The van der Waals surface area contributed by atoms with E-state index in [4.69, 9.17) is 10.5 Å². The third kappa shape index (κ3) is 3.91. The van der Waals surface area contributed by atoms with Crippen LogP contribution >= 0.6 is 0 Å². The summed E-state index contributed by atoms with van der Waals surface area (Å²) in [6, 6.07) is 22.4. The molecule has 4 aromatic rings. The van der Waals surface area contributed by atoms with E-state index in [9.17, 15) is 4.79 Å². The fraction of sp³-hybridized carbons (Fsp3) is 0.130. The summed E-state index contributed by atoms with van der Waals surface area (Å²) in [6.45, 7) is 2.63. The van der Waals surface area contributed by atoms with Crippen LogP contribution in [-0.4, -0.2) is 17.7 Å². The van der Waals surface area contributed by atoms with Gasteiger partial charge in [-0.2, -0.15) is 0 Å². The Morgan fingerprint density at radius 2 is 1.72 bits per heavy atom. The average molecular weight is 386 g/mol. The van der Waals surface area contributed by atoms with Crippen LogP contribution in [0.3, 0.4) is 0 Å². The molecule has 0 saturated heterocycles. The van der Waals surface area contributed by atoms with E-state index < -0.39 is 6.09 Å². The predicted octanol–water partition coefficient (Wildman–Crippen LogP) is 5.15. The first-order valence-corrected chi connectivity index (χ1v) is 9.49. The lowest BCUT2D eigenvalue weighted by atomic mass is 9.97. The molecule has 0 radical (unpaired) electrons. The molecule has 6 nitrogen and oxygen atoms in total. The summed E-state index contributed by atoms with van der Waals surface area (Å²) in [5.41, 5.74) is 7.57. The zero-order valence-electron chi connectivity index (χ0n) is 16.1. The Morgan fingerprint density at radius 1 is 1.00 bits per heavy atom. The molecule has 0 saturated carbocycles. The van der Waals surface area contributed by atoms with Crippen molar-refractivity contribution in [2.24, 2.45) is 0 Å². The molecule has 0 unspecified atom stereocenters. The first-order chi connectivity index (χ1) is 14.2. The minimum absolute atomic E-state index is 0.228. The van der Waals surface area contributed by atoms with Crippen LogP contribution in [-0.2, 0) is 11.3 Å². The number of ether oxygens (including phenoxy) is 1. The van der Waals surface area contributed by atoms with E-state index in [0.29, 0.717) is 24.7 Å². The summed E-state index contributed by atoms with van der Waals surface area (Å²) in [5, 5.41) is 10.8. The van der Waals surface area contributed by atoms with Crippen LogP contribution in [0.15, 0.2) is 66.7 Å². The molecule has 1 aromatic heterocycles. The number of hydrogen-bond acceptors (Lipinski definition) is 5. The van der Waals surface area contributed by atoms with Crippen LogP contribution in [0.25, 0.3) is 21.5 Å². The van der Waals surface area contributed by atoms with E-state index in [0.717, 1.165) is 0 Å². The Labute approximate surface area is 168 Å². The standard InChI is InChI=1S/C23H22N4O2/c1-2-29-23(28)26-20-11-12-21(27-22(20)24)25-14-16-13-15-7-3-4-8-17(15)19-10-6-5-9-18(16)19/h3-13H,2,14H2,1H3,(H,26,28)(H3,24,25,27). The highest BCUT2D eigenvalue weighted by atomic mass is 16.5. The number of aromatic nitrogens is 1. The van der Waals surface area contributed by atoms with Crippen molar-refractivity contribution in [1.29, 1.82) is 0 Å². The quantitative estimate of drug-likeness (QED) is 0.413. The molecule has 29 heavy (non-hydrogen) atoms. The molecule has 146 valence electrons. The maximum Gasteiger partial charge on any atom is 0.411 e. The molecule has 3 aromatic carbocycles. The number of pyridine rings is 1. The second-order valence-corrected chi connectivity index (χ2v) is 6.63. The van der Waals surface area contributed by atoms with Gasteiger partial charge in [0.25, 0.3) is 0 Å². The number of nitrogens with zero attached hydrogens (tertiary/aromatic N) is 1. The highest BCUT2D eigenvalue weighted by Crippen LogP contribution is 2.29. The molecular formula is C23H22N4O2. The van der Waals surface area contributed by atoms with E-state index in [1.807, 2.05) is 12.1 Å². The molecule has 0 aliphatic heterocycles. The van der Waals surface area contributed by atoms with Gasteiger partial charge in [0.2, 0.25) is 0 Å². The topological polar surface area (TPSA) is 89.3 Å². The number of fused-ring (bicyclic) bond motifs is 3. The van der Waals surface area contributed by atoms with Gasteiger partial charge in [0.15, 0.2) is 0 Å². The first-order valence-electron chi connectivity index (χ1n) is 9.49. The predicted molar refractivity (Wildman–Crippen MR) is 118 cm³/mol. The van der Waals surface area contributed by atoms with Gasteiger partial charge in [-0.15, -0.1) is 0 Å². The molecule has 1 heterocycles. The number of hydrogen-bond donors (Lipinski definition) is 3. The highest BCUT2D eigenvalue weighted by molar-refractivity contribution is 6.09. The maximum absolute atomic E-state index is 11.6. The number of anilines is 3. The molecule has 0 aliphatic carbocycles. The molecule has 4 rings (SSSR count). The van der Waals surface area contributed by atoms with Crippen molar-refractivity contribution in [2.75, 3.05) is 23.0 Å². The van der Waals surface area contributed by atoms with Gasteiger partial charge < -0.3 is 15.8 Å². The van der Waals surface area contributed by atoms with E-state index in [-0.39, 0.29) is 5.82 Å². The maximum atomic E-state index is 11.6. The van der Waals surface area contributed by atoms with Crippen LogP contribution in [0, 0.1) is 0 Å². The molecule has 0 spiro atoms. The number of nitrogens with two attached hydrogens (primary N) is 1. The largest absolute Gasteiger partial charge is 0.450 e. The Bertz CT molecular complexity index is 1190. The van der Waals surface area contributed by atoms with Gasteiger partial charge in [-0.05, 0) is 52.2 Å². The minimum Gasteiger partial charge on any atom is -0.450 e. The lowest BCUT2D eigenvalue weighted by Gasteiger charge is -2.13. The second-order valence-electron chi connectivity index (χ2n) is 6.63. The van der Waals surface area contributed by atoms with Gasteiger partial charge >= 0.3 is 6.09 Å². The van der Waals surface area contributed by atoms with Gasteiger partial charge in [0.05, 0.1) is 12.3 Å². The van der Waals surface area contributed by atoms with Crippen LogP contribution in [0.4, 0.5) is 22.1 Å². The van der Waals surface area contributed by atoms with Crippen molar-refractivity contribution >= 4 is 45.0 Å². The van der Waals surface area contributed by atoms with Crippen LogP contribution < -0.4 is 16.4 Å². The second kappa shape index (κ2) is 8.06. The van der Waals surface area contributed by atoms with Crippen LogP contribution in [0.2, 0.25) is 0 Å². The molecule has 0 bridgehead atoms. The Hall–Kier alpha value is -3.80. The van der Waals surface area contributed by atoms with E-state index in [2.05, 4.69) is 58.1 Å². The molecule has 1 amide bonds. The highest BCUT2D eigenvalue weighted by Gasteiger charge is 2.09. The fourth-order valence-corrected chi connectivity index (χ4v) is 3.42. The molecular weight excluding hydrogens is 364 g/mol. The SMILES string of the molecule is CCOC(=O)Nc1ccc(NCc2cc3ccccc3c3ccccc23)nc1N. The third-order valence-corrected chi connectivity index (χ3v) is 4.75. The molecule has 4 N–H and O–H groups in total. The van der Waals surface area contributed by atoms with Crippen molar-refractivity contribution < 1.29 is 9.53 Å². The monoisotopic (exact) mass is 386 g/mol. The van der Waals surface area contributed by atoms with Gasteiger partial charge in [0, 0.05) is 6.54 Å². The van der Waals surface area contributed by atoms with Crippen LogP contribution in [0.5, 0.6) is 0 Å². The summed E-state index contributed by atoms with van der Waals surface area (Å²) in [4.78, 5) is 15.9. The van der Waals surface area contributed by atoms with E-state index in [1.54, 1.807) is 19.1 Å². The minimum atomic E-state index is -0.552. The third-order valence-electron chi connectivity index (χ3n) is 4.75. The number of nitrogen functional groups attached to an aromatic ring is 1. The number of carbonyl (C=O) groups is 1. The van der Waals surface area contributed by atoms with Crippen molar-refractivity contribution in [2.45, 2.75) is 13.5 Å². The Morgan fingerprint density at radius 3 is 2.48 bits per heavy atom. The van der Waals surface area contributed by atoms with Gasteiger partial charge in [-0.3, -0.25) is 5.32 Å². The van der Waals surface area contributed by atoms with Gasteiger partial charge in [0.1, 0.15) is 11.6 Å². The summed E-state index contributed by atoms with van der Waals surface area (Å²) in [5.74, 6) is 0.862. The lowest BCUT2D eigenvalue weighted by Crippen LogP contribution is -2.15. The lowest BCUT2D eigenvalue weighted by molar-refractivity contribution is 0.168. The van der Waals surface area contributed by atoms with Crippen molar-refractivity contribution in [1.82, 2.24) is 4.98 Å². The van der Waals surface area contributed by atoms with Crippen molar-refractivity contribution in [3.05, 3.63) is 72.3 Å². The van der Waals surface area contributed by atoms with Crippen LogP contribution in [0.1, 0.15) is 12.5 Å². The zero-order chi connectivity index (χ0) is 20.2. The molecule has 0 fully saturated rings. The Kier molecular flexibility index (Phi) is 5.16. The number of carbonyl (C=O) groups excluding carboxylic acids is 1. The number of nitrogens with one attached hydrogen (secondary N) is 2. The first kappa shape index (κ1) is 18.6. The normalized spacial score (nSPS) is 10.8. The van der Waals surface area contributed by atoms with Gasteiger partial charge in [-0.25, -0.2) is 9.78 Å². The molecule has 0 aliphatic rings. The number of benzene rings is 3. The Balaban J connectivity index is 1.58. The number of amides is 1. The smallest absolute Gasteiger partial charge is 0.411 e. The number of rotatable bonds is 5. The summed E-state index contributed by atoms with van der Waals surface area (Å²) < 4.78 is 4.86. The summed E-state index contributed by atoms with van der Waals surface area (Å²) in [7, 11) is 0. The molecule has 0 atom stereocenters.